The number of anilines is 1. The first-order valence-electron chi connectivity index (χ1n) is 9.50. The van der Waals surface area contributed by atoms with E-state index in [2.05, 4.69) is 16.9 Å². The Hall–Kier alpha value is -3.12. The molecule has 0 atom stereocenters. The molecule has 1 N–H and O–H groups in total. The molecule has 0 unspecified atom stereocenters. The molecule has 0 aliphatic heterocycles. The first-order valence-corrected chi connectivity index (χ1v) is 9.88. The summed E-state index contributed by atoms with van der Waals surface area (Å²) in [7, 11) is 0. The third-order valence-corrected chi connectivity index (χ3v) is 4.25. The number of hydrogen-bond acceptors (Lipinski definition) is 3. The summed E-state index contributed by atoms with van der Waals surface area (Å²) in [4.78, 5) is 16.4. The number of benzene rings is 1. The number of nitrogens with one attached hydrogen (secondary N) is 1. The van der Waals surface area contributed by atoms with Crippen LogP contribution in [0.5, 0.6) is 5.75 Å². The van der Waals surface area contributed by atoms with Crippen LogP contribution in [0.25, 0.3) is 6.08 Å². The van der Waals surface area contributed by atoms with Gasteiger partial charge in [-0.3, -0.25) is 4.79 Å². The topological polar surface area (TPSA) is 56.2 Å². The molecule has 0 spiro atoms. The van der Waals surface area contributed by atoms with Crippen molar-refractivity contribution < 1.29 is 13.9 Å². The maximum atomic E-state index is 13.6. The zero-order chi connectivity index (χ0) is 21.9. The number of amides is 1. The minimum atomic E-state index is -0.440. The van der Waals surface area contributed by atoms with E-state index in [0.29, 0.717) is 36.0 Å². The van der Waals surface area contributed by atoms with Gasteiger partial charge >= 0.3 is 0 Å². The molecule has 0 fully saturated rings. The largest absolute Gasteiger partial charge is 0.491 e. The lowest BCUT2D eigenvalue weighted by molar-refractivity contribution is -0.111. The van der Waals surface area contributed by atoms with Gasteiger partial charge in [-0.25, -0.2) is 9.37 Å². The smallest absolute Gasteiger partial charge is 0.249 e. The molecule has 1 amide bonds. The lowest BCUT2D eigenvalue weighted by Crippen LogP contribution is -2.08. The van der Waals surface area contributed by atoms with Crippen LogP contribution in [0.1, 0.15) is 25.8 Å². The summed E-state index contributed by atoms with van der Waals surface area (Å²) in [6.07, 6.45) is 12.5. The Morgan fingerprint density at radius 1 is 1.43 bits per heavy atom. The van der Waals surface area contributed by atoms with Crippen LogP contribution in [-0.2, 0) is 11.3 Å². The summed E-state index contributed by atoms with van der Waals surface area (Å²) in [5, 5.41) is 3.40. The number of nitrogens with zero attached hydrogens (tertiary/aromatic N) is 2. The highest BCUT2D eigenvalue weighted by Crippen LogP contribution is 2.20. The molecule has 0 bridgehead atoms. The molecule has 2 rings (SSSR count). The number of imidazole rings is 1. The van der Waals surface area contributed by atoms with Gasteiger partial charge in [0.2, 0.25) is 5.91 Å². The average Bonchev–Trinajstić information content (AvgIpc) is 3.15. The molecule has 1 aromatic heterocycles. The highest BCUT2D eigenvalue weighted by molar-refractivity contribution is 6.29. The number of carbonyl (C=O) groups excluding carboxylic acids is 1. The highest BCUT2D eigenvalue weighted by Gasteiger charge is 2.05. The maximum absolute atomic E-state index is 13.6. The number of allylic oxidation sites excluding steroid dienone is 5. The van der Waals surface area contributed by atoms with E-state index < -0.39 is 5.82 Å². The zero-order valence-electron chi connectivity index (χ0n) is 17.1. The quantitative estimate of drug-likeness (QED) is 0.298. The van der Waals surface area contributed by atoms with Gasteiger partial charge in [0.15, 0.2) is 17.4 Å². The molecule has 1 aromatic carbocycles. The highest BCUT2D eigenvalue weighted by atomic mass is 35.5. The van der Waals surface area contributed by atoms with Gasteiger partial charge in [-0.15, -0.1) is 6.58 Å². The third-order valence-electron chi connectivity index (χ3n) is 3.98. The Balaban J connectivity index is 1.98. The van der Waals surface area contributed by atoms with Crippen LogP contribution in [-0.4, -0.2) is 22.1 Å². The fraction of sp³-hybridized carbons (Fsp3) is 0.217. The van der Waals surface area contributed by atoms with Gasteiger partial charge in [0, 0.05) is 30.3 Å². The minimum absolute atomic E-state index is 0.154. The van der Waals surface area contributed by atoms with Crippen molar-refractivity contribution in [2.24, 2.45) is 0 Å². The SMILES string of the molecule is C=CC/C(Cl)=C\C(=C/C)Cn1cnc(NC(=O)/C=C/c2ccc(F)c(OCC)c2)c1. The van der Waals surface area contributed by atoms with Gasteiger partial charge in [0.1, 0.15) is 0 Å². The molecule has 0 aliphatic rings. The molecule has 5 nitrogen and oxygen atoms in total. The molecule has 0 radical (unpaired) electrons. The van der Waals surface area contributed by atoms with Gasteiger partial charge in [-0.05, 0) is 49.3 Å². The minimum Gasteiger partial charge on any atom is -0.491 e. The van der Waals surface area contributed by atoms with Gasteiger partial charge in [0.05, 0.1) is 12.9 Å². The molecule has 158 valence electrons. The van der Waals surface area contributed by atoms with E-state index in [-0.39, 0.29) is 11.7 Å². The van der Waals surface area contributed by atoms with Crippen LogP contribution in [0.2, 0.25) is 0 Å². The van der Waals surface area contributed by atoms with Crippen molar-refractivity contribution >= 4 is 29.4 Å². The second-order valence-corrected chi connectivity index (χ2v) is 6.81. The summed E-state index contributed by atoms with van der Waals surface area (Å²) in [6.45, 7) is 8.31. The number of rotatable bonds is 10. The van der Waals surface area contributed by atoms with Crippen LogP contribution in [0, 0.1) is 5.82 Å². The summed E-state index contributed by atoms with van der Waals surface area (Å²) < 4.78 is 20.7. The van der Waals surface area contributed by atoms with Gasteiger partial charge in [-0.1, -0.05) is 29.8 Å². The van der Waals surface area contributed by atoms with Crippen molar-refractivity contribution in [2.45, 2.75) is 26.8 Å². The van der Waals surface area contributed by atoms with Crippen molar-refractivity contribution in [1.82, 2.24) is 9.55 Å². The Labute approximate surface area is 181 Å². The molecular formula is C23H25ClFN3O2. The first-order chi connectivity index (χ1) is 14.4. The fourth-order valence-corrected chi connectivity index (χ4v) is 2.82. The number of ether oxygens (including phenoxy) is 1. The van der Waals surface area contributed by atoms with Gasteiger partial charge < -0.3 is 14.6 Å². The third kappa shape index (κ3) is 7.37. The first kappa shape index (κ1) is 23.2. The zero-order valence-corrected chi connectivity index (χ0v) is 17.8. The van der Waals surface area contributed by atoms with E-state index >= 15 is 0 Å². The second-order valence-electron chi connectivity index (χ2n) is 6.32. The van der Waals surface area contributed by atoms with E-state index in [1.807, 2.05) is 23.6 Å². The summed E-state index contributed by atoms with van der Waals surface area (Å²) in [5.74, 6) is -0.205. The normalized spacial score (nSPS) is 12.3. The van der Waals surface area contributed by atoms with Crippen molar-refractivity contribution in [3.63, 3.8) is 0 Å². The van der Waals surface area contributed by atoms with Gasteiger partial charge in [-0.2, -0.15) is 0 Å². The predicted octanol–water partition coefficient (Wildman–Crippen LogP) is 5.72. The number of aromatic nitrogens is 2. The van der Waals surface area contributed by atoms with Gasteiger partial charge in [0.25, 0.3) is 0 Å². The van der Waals surface area contributed by atoms with Crippen LogP contribution in [0.4, 0.5) is 10.2 Å². The van der Waals surface area contributed by atoms with E-state index in [1.54, 1.807) is 43.7 Å². The van der Waals surface area contributed by atoms with Crippen LogP contribution in [0.3, 0.4) is 0 Å². The van der Waals surface area contributed by atoms with Crippen molar-refractivity contribution in [2.75, 3.05) is 11.9 Å². The summed E-state index contributed by atoms with van der Waals surface area (Å²) in [6, 6.07) is 4.42. The molecule has 0 aliphatic carbocycles. The Kier molecular flexibility index (Phi) is 9.09. The van der Waals surface area contributed by atoms with Crippen molar-refractivity contribution in [3.8, 4) is 5.75 Å². The molecule has 7 heteroatoms. The monoisotopic (exact) mass is 429 g/mol. The van der Waals surface area contributed by atoms with Crippen molar-refractivity contribution in [3.05, 3.63) is 83.6 Å². The van der Waals surface area contributed by atoms with Crippen LogP contribution in [0.15, 0.2) is 72.2 Å². The fourth-order valence-electron chi connectivity index (χ4n) is 2.57. The van der Waals surface area contributed by atoms with E-state index in [9.17, 15) is 9.18 Å². The van der Waals surface area contributed by atoms with Crippen LogP contribution < -0.4 is 10.1 Å². The number of halogens is 2. The van der Waals surface area contributed by atoms with Crippen LogP contribution >= 0.6 is 11.6 Å². The standard InChI is InChI=1S/C23H25ClFN3O2/c1-4-7-19(24)12-17(5-2)14-28-15-22(26-16-28)27-23(29)11-9-18-8-10-20(25)21(13-18)30-6-3/h4-5,8-13,15-16H,1,6-7,14H2,2-3H3,(H,27,29)/b11-9+,17-5+,19-12+. The number of hydrogen-bond donors (Lipinski definition) is 1. The van der Waals surface area contributed by atoms with E-state index in [1.165, 1.54) is 12.1 Å². The molecular weight excluding hydrogens is 405 g/mol. The molecule has 0 saturated carbocycles. The molecule has 0 saturated heterocycles. The summed E-state index contributed by atoms with van der Waals surface area (Å²) in [5.41, 5.74) is 1.67. The number of carbonyl (C=O) groups is 1. The van der Waals surface area contributed by atoms with E-state index in [0.717, 1.165) is 5.57 Å². The van der Waals surface area contributed by atoms with E-state index in [4.69, 9.17) is 16.3 Å². The Morgan fingerprint density at radius 2 is 2.23 bits per heavy atom. The average molecular weight is 430 g/mol. The predicted molar refractivity (Wildman–Crippen MR) is 120 cm³/mol. The van der Waals surface area contributed by atoms with Crippen molar-refractivity contribution in [1.29, 1.82) is 0 Å². The lowest BCUT2D eigenvalue weighted by atomic mass is 10.2. The summed E-state index contributed by atoms with van der Waals surface area (Å²) >= 11 is 6.15. The Bertz CT molecular complexity index is 977. The second kappa shape index (κ2) is 11.8. The Morgan fingerprint density at radius 3 is 2.93 bits per heavy atom. The maximum Gasteiger partial charge on any atom is 0.249 e. The molecule has 1 heterocycles. The molecule has 2 aromatic rings. The molecule has 30 heavy (non-hydrogen) atoms. The lowest BCUT2D eigenvalue weighted by Gasteiger charge is -2.05.